The first-order valence-corrected chi connectivity index (χ1v) is 7.11. The van der Waals surface area contributed by atoms with Gasteiger partial charge in [-0.05, 0) is 36.4 Å². The summed E-state index contributed by atoms with van der Waals surface area (Å²) in [7, 11) is 3.38. The van der Waals surface area contributed by atoms with E-state index in [0.29, 0.717) is 17.5 Å². The zero-order chi connectivity index (χ0) is 16.2. The minimum Gasteiger partial charge on any atom is -0.416 e. The van der Waals surface area contributed by atoms with E-state index in [1.807, 2.05) is 42.5 Å². The molecule has 3 rings (SSSR count). The predicted molar refractivity (Wildman–Crippen MR) is 87.9 cm³/mol. The van der Waals surface area contributed by atoms with Crippen molar-refractivity contribution in [3.05, 3.63) is 54.6 Å². The second kappa shape index (κ2) is 6.31. The van der Waals surface area contributed by atoms with Crippen molar-refractivity contribution in [3.63, 3.8) is 0 Å². The van der Waals surface area contributed by atoms with Crippen molar-refractivity contribution in [3.8, 4) is 22.9 Å². The van der Waals surface area contributed by atoms with Crippen LogP contribution < -0.4 is 5.32 Å². The summed E-state index contributed by atoms with van der Waals surface area (Å²) < 4.78 is 5.70. The first-order chi connectivity index (χ1) is 11.1. The zero-order valence-electron chi connectivity index (χ0n) is 12.9. The van der Waals surface area contributed by atoms with Gasteiger partial charge in [0.1, 0.15) is 0 Å². The summed E-state index contributed by atoms with van der Waals surface area (Å²) >= 11 is 0. The Morgan fingerprint density at radius 2 is 1.48 bits per heavy atom. The molecule has 0 aliphatic carbocycles. The summed E-state index contributed by atoms with van der Waals surface area (Å²) in [5.74, 6) is 0.917. The number of anilines is 1. The lowest BCUT2D eigenvalue weighted by Gasteiger charge is -2.11. The average molecular weight is 308 g/mol. The number of carbonyl (C=O) groups is 1. The molecule has 1 N–H and O–H groups in total. The molecule has 6 nitrogen and oxygen atoms in total. The second-order valence-electron chi connectivity index (χ2n) is 5.18. The molecule has 3 aromatic rings. The molecular weight excluding hydrogens is 292 g/mol. The van der Waals surface area contributed by atoms with Gasteiger partial charge in [-0.3, -0.25) is 0 Å². The van der Waals surface area contributed by atoms with Gasteiger partial charge in [0.25, 0.3) is 0 Å². The number of benzene rings is 2. The van der Waals surface area contributed by atoms with E-state index in [0.717, 1.165) is 11.1 Å². The lowest BCUT2D eigenvalue weighted by atomic mass is 10.2. The van der Waals surface area contributed by atoms with E-state index in [4.69, 9.17) is 4.42 Å². The number of nitrogens with zero attached hydrogens (tertiary/aromatic N) is 3. The fourth-order valence-corrected chi connectivity index (χ4v) is 1.97. The Hall–Kier alpha value is -3.15. The maximum atomic E-state index is 11.6. The molecule has 2 aromatic carbocycles. The van der Waals surface area contributed by atoms with Gasteiger partial charge < -0.3 is 14.6 Å². The number of rotatable bonds is 3. The number of nitrogens with one attached hydrogen (secondary N) is 1. The van der Waals surface area contributed by atoms with Crippen molar-refractivity contribution in [1.82, 2.24) is 15.1 Å². The summed E-state index contributed by atoms with van der Waals surface area (Å²) in [4.78, 5) is 13.1. The van der Waals surface area contributed by atoms with E-state index < -0.39 is 0 Å². The standard InChI is InChI=1S/C17H16N4O2/c1-21(2)17(22)18-14-10-8-13(9-11-14)16-20-19-15(23-16)12-6-4-3-5-7-12/h3-11H,1-2H3,(H,18,22). The molecule has 0 aliphatic heterocycles. The number of carbonyl (C=O) groups excluding carboxylic acids is 1. The van der Waals surface area contributed by atoms with Crippen LogP contribution >= 0.6 is 0 Å². The third-order valence-corrected chi connectivity index (χ3v) is 3.24. The van der Waals surface area contributed by atoms with E-state index in [1.165, 1.54) is 4.90 Å². The maximum absolute atomic E-state index is 11.6. The SMILES string of the molecule is CN(C)C(=O)Nc1ccc(-c2nnc(-c3ccccc3)o2)cc1. The predicted octanol–water partition coefficient (Wildman–Crippen LogP) is 3.50. The van der Waals surface area contributed by atoms with E-state index in [1.54, 1.807) is 26.2 Å². The molecule has 1 heterocycles. The van der Waals surface area contributed by atoms with Crippen LogP contribution in [-0.4, -0.2) is 35.2 Å². The smallest absolute Gasteiger partial charge is 0.321 e. The zero-order valence-corrected chi connectivity index (χ0v) is 12.9. The van der Waals surface area contributed by atoms with E-state index in [-0.39, 0.29) is 6.03 Å². The van der Waals surface area contributed by atoms with Crippen LogP contribution in [-0.2, 0) is 0 Å². The van der Waals surface area contributed by atoms with Crippen molar-refractivity contribution >= 4 is 11.7 Å². The van der Waals surface area contributed by atoms with Gasteiger partial charge in [-0.15, -0.1) is 10.2 Å². The van der Waals surface area contributed by atoms with Crippen molar-refractivity contribution in [2.24, 2.45) is 0 Å². The summed E-state index contributed by atoms with van der Waals surface area (Å²) in [5, 5.41) is 10.9. The fraction of sp³-hybridized carbons (Fsp3) is 0.118. The molecule has 0 unspecified atom stereocenters. The van der Waals surface area contributed by atoms with E-state index in [2.05, 4.69) is 15.5 Å². The van der Waals surface area contributed by atoms with Crippen molar-refractivity contribution < 1.29 is 9.21 Å². The second-order valence-corrected chi connectivity index (χ2v) is 5.18. The third kappa shape index (κ3) is 3.37. The van der Waals surface area contributed by atoms with Crippen molar-refractivity contribution in [2.45, 2.75) is 0 Å². The lowest BCUT2D eigenvalue weighted by Crippen LogP contribution is -2.27. The quantitative estimate of drug-likeness (QED) is 0.804. The Kier molecular flexibility index (Phi) is 4.05. The van der Waals surface area contributed by atoms with Crippen molar-refractivity contribution in [2.75, 3.05) is 19.4 Å². The van der Waals surface area contributed by atoms with Crippen LogP contribution in [0.2, 0.25) is 0 Å². The summed E-state index contributed by atoms with van der Waals surface area (Å²) in [6.45, 7) is 0. The molecule has 116 valence electrons. The average Bonchev–Trinajstić information content (AvgIpc) is 3.06. The van der Waals surface area contributed by atoms with E-state index >= 15 is 0 Å². The van der Waals surface area contributed by atoms with Gasteiger partial charge >= 0.3 is 6.03 Å². The van der Waals surface area contributed by atoms with Gasteiger partial charge in [0, 0.05) is 30.9 Å². The molecule has 0 aliphatic rings. The largest absolute Gasteiger partial charge is 0.416 e. The molecule has 23 heavy (non-hydrogen) atoms. The Morgan fingerprint density at radius 1 is 0.913 bits per heavy atom. The molecule has 0 spiro atoms. The van der Waals surface area contributed by atoms with Crippen LogP contribution in [0, 0.1) is 0 Å². The molecule has 0 fully saturated rings. The van der Waals surface area contributed by atoms with Crippen LogP contribution in [0.5, 0.6) is 0 Å². The van der Waals surface area contributed by atoms with Gasteiger partial charge in [0.05, 0.1) is 0 Å². The first kappa shape index (κ1) is 14.8. The Balaban J connectivity index is 1.78. The number of aromatic nitrogens is 2. The van der Waals surface area contributed by atoms with Crippen molar-refractivity contribution in [1.29, 1.82) is 0 Å². The highest BCUT2D eigenvalue weighted by atomic mass is 16.4. The number of hydrogen-bond acceptors (Lipinski definition) is 4. The van der Waals surface area contributed by atoms with Gasteiger partial charge in [0.2, 0.25) is 11.8 Å². The molecule has 0 atom stereocenters. The Bertz CT molecular complexity index is 795. The maximum Gasteiger partial charge on any atom is 0.321 e. The van der Waals surface area contributed by atoms with Gasteiger partial charge in [0.15, 0.2) is 0 Å². The van der Waals surface area contributed by atoms with Crippen LogP contribution in [0.15, 0.2) is 59.0 Å². The molecule has 6 heteroatoms. The fourth-order valence-electron chi connectivity index (χ4n) is 1.97. The van der Waals surface area contributed by atoms with Gasteiger partial charge in [-0.2, -0.15) is 0 Å². The Labute approximate surface area is 133 Å². The minimum absolute atomic E-state index is 0.179. The molecular formula is C17H16N4O2. The third-order valence-electron chi connectivity index (χ3n) is 3.24. The first-order valence-electron chi connectivity index (χ1n) is 7.11. The highest BCUT2D eigenvalue weighted by Crippen LogP contribution is 2.24. The highest BCUT2D eigenvalue weighted by Gasteiger charge is 2.10. The molecule has 2 amide bonds. The number of urea groups is 1. The minimum atomic E-state index is -0.179. The van der Waals surface area contributed by atoms with E-state index in [9.17, 15) is 4.79 Å². The number of amides is 2. The molecule has 0 radical (unpaired) electrons. The van der Waals surface area contributed by atoms with Gasteiger partial charge in [-0.1, -0.05) is 18.2 Å². The van der Waals surface area contributed by atoms with Crippen LogP contribution in [0.3, 0.4) is 0 Å². The molecule has 0 bridgehead atoms. The van der Waals surface area contributed by atoms with Crippen LogP contribution in [0.25, 0.3) is 22.9 Å². The molecule has 0 saturated carbocycles. The summed E-state index contributed by atoms with van der Waals surface area (Å²) in [6.07, 6.45) is 0. The monoisotopic (exact) mass is 308 g/mol. The summed E-state index contributed by atoms with van der Waals surface area (Å²) in [6, 6.07) is 16.7. The van der Waals surface area contributed by atoms with Crippen LogP contribution in [0.1, 0.15) is 0 Å². The molecule has 1 aromatic heterocycles. The highest BCUT2D eigenvalue weighted by molar-refractivity contribution is 5.89. The van der Waals surface area contributed by atoms with Crippen LogP contribution in [0.4, 0.5) is 10.5 Å². The number of hydrogen-bond donors (Lipinski definition) is 1. The lowest BCUT2D eigenvalue weighted by molar-refractivity contribution is 0.230. The normalized spacial score (nSPS) is 10.3. The Morgan fingerprint density at radius 3 is 2.04 bits per heavy atom. The molecule has 0 saturated heterocycles. The summed E-state index contributed by atoms with van der Waals surface area (Å²) in [5.41, 5.74) is 2.37. The van der Waals surface area contributed by atoms with Gasteiger partial charge in [-0.25, -0.2) is 4.79 Å². The topological polar surface area (TPSA) is 71.3 Å².